The second-order valence-electron chi connectivity index (χ2n) is 5.95. The molecule has 0 bridgehead atoms. The van der Waals surface area contributed by atoms with Crippen molar-refractivity contribution in [1.82, 2.24) is 0 Å². The van der Waals surface area contributed by atoms with Crippen molar-refractivity contribution in [1.29, 1.82) is 0 Å². The van der Waals surface area contributed by atoms with E-state index in [9.17, 15) is 4.79 Å². The number of nitrogens with one attached hydrogen (secondary N) is 1. The first-order valence-corrected chi connectivity index (χ1v) is 7.74. The second kappa shape index (κ2) is 6.04. The van der Waals surface area contributed by atoms with Gasteiger partial charge in [-0.05, 0) is 12.3 Å². The number of hydrogen-bond acceptors (Lipinski definition) is 5. The molecule has 1 unspecified atom stereocenters. The molecule has 0 spiro atoms. The lowest BCUT2D eigenvalue weighted by Gasteiger charge is -2.38. The van der Waals surface area contributed by atoms with Crippen LogP contribution in [0.25, 0.3) is 0 Å². The van der Waals surface area contributed by atoms with Gasteiger partial charge in [0.2, 0.25) is 5.91 Å². The molecule has 2 aliphatic rings. The molecule has 0 saturated carbocycles. The molecular weight excluding hydrogens is 284 g/mol. The number of amides is 1. The van der Waals surface area contributed by atoms with Crippen molar-refractivity contribution in [2.75, 3.05) is 36.6 Å². The maximum Gasteiger partial charge on any atom is 0.249 e. The van der Waals surface area contributed by atoms with Crippen LogP contribution in [0.4, 0.5) is 11.4 Å². The molecule has 3 rings (SSSR count). The maximum absolute atomic E-state index is 12.7. The van der Waals surface area contributed by atoms with Crippen LogP contribution in [0.5, 0.6) is 11.5 Å². The summed E-state index contributed by atoms with van der Waals surface area (Å²) in [7, 11) is 0. The van der Waals surface area contributed by atoms with Gasteiger partial charge in [-0.25, -0.2) is 0 Å². The van der Waals surface area contributed by atoms with E-state index in [2.05, 4.69) is 5.32 Å². The predicted molar refractivity (Wildman–Crippen MR) is 83.7 cm³/mol. The van der Waals surface area contributed by atoms with E-state index in [0.29, 0.717) is 37.7 Å². The summed E-state index contributed by atoms with van der Waals surface area (Å²) in [6, 6.07) is 3.48. The second-order valence-corrected chi connectivity index (χ2v) is 5.95. The molecule has 2 aliphatic heterocycles. The molecule has 0 aliphatic carbocycles. The smallest absolute Gasteiger partial charge is 0.249 e. The molecule has 0 fully saturated rings. The highest BCUT2D eigenvalue weighted by molar-refractivity contribution is 6.05. The average molecular weight is 306 g/mol. The predicted octanol–water partition coefficient (Wildman–Crippen LogP) is 1.62. The van der Waals surface area contributed by atoms with E-state index in [1.54, 1.807) is 4.90 Å². The van der Waals surface area contributed by atoms with Crippen molar-refractivity contribution in [2.45, 2.75) is 26.3 Å². The minimum absolute atomic E-state index is 0.0348. The van der Waals surface area contributed by atoms with Gasteiger partial charge in [-0.15, -0.1) is 0 Å². The van der Waals surface area contributed by atoms with E-state index in [0.717, 1.165) is 11.4 Å². The van der Waals surface area contributed by atoms with Gasteiger partial charge in [0.15, 0.2) is 11.5 Å². The van der Waals surface area contributed by atoms with E-state index in [1.165, 1.54) is 0 Å². The Balaban J connectivity index is 2.01. The fourth-order valence-electron chi connectivity index (χ4n) is 2.84. The summed E-state index contributed by atoms with van der Waals surface area (Å²) in [5.74, 6) is 1.58. The van der Waals surface area contributed by atoms with Crippen LogP contribution in [0.3, 0.4) is 0 Å². The molecule has 0 radical (unpaired) electrons. The Morgan fingerprint density at radius 2 is 2.00 bits per heavy atom. The summed E-state index contributed by atoms with van der Waals surface area (Å²) in [4.78, 5) is 14.5. The van der Waals surface area contributed by atoms with Gasteiger partial charge in [0.25, 0.3) is 0 Å². The first-order chi connectivity index (χ1) is 10.6. The number of carbonyl (C=O) groups excluding carboxylic acids is 1. The number of fused-ring (bicyclic) bond motifs is 2. The van der Waals surface area contributed by atoms with E-state index < -0.39 is 0 Å². The lowest BCUT2D eigenvalue weighted by molar-refractivity contribution is -0.120. The molecule has 2 heterocycles. The Morgan fingerprint density at radius 3 is 2.64 bits per heavy atom. The third kappa shape index (κ3) is 2.59. The molecular formula is C16H22N2O4. The SMILES string of the molecule is CC(C)C1Nc2cc3c(cc2N(CCCO)C1=O)OCCO3. The van der Waals surface area contributed by atoms with Crippen LogP contribution in [0.2, 0.25) is 0 Å². The molecule has 0 aromatic heterocycles. The topological polar surface area (TPSA) is 71.0 Å². The van der Waals surface area contributed by atoms with Crippen LogP contribution in [0, 0.1) is 5.92 Å². The molecule has 0 saturated heterocycles. The average Bonchev–Trinajstić information content (AvgIpc) is 2.51. The minimum Gasteiger partial charge on any atom is -0.486 e. The number of aliphatic hydroxyl groups excluding tert-OH is 1. The van der Waals surface area contributed by atoms with Crippen LogP contribution in [0.1, 0.15) is 20.3 Å². The number of nitrogens with zero attached hydrogens (tertiary/aromatic N) is 1. The fourth-order valence-corrected chi connectivity index (χ4v) is 2.84. The number of rotatable bonds is 4. The highest BCUT2D eigenvalue weighted by Crippen LogP contribution is 2.43. The molecule has 1 atom stereocenters. The van der Waals surface area contributed by atoms with Crippen molar-refractivity contribution >= 4 is 17.3 Å². The van der Waals surface area contributed by atoms with Gasteiger partial charge < -0.3 is 24.8 Å². The standard InChI is InChI=1S/C16H22N2O4/c1-10(2)15-16(20)18(4-3-5-19)12-9-14-13(8-11(12)17-15)21-6-7-22-14/h8-10,15,17,19H,3-7H2,1-2H3. The van der Waals surface area contributed by atoms with Gasteiger partial charge in [0, 0.05) is 25.3 Å². The summed E-state index contributed by atoms with van der Waals surface area (Å²) in [5.41, 5.74) is 1.67. The number of hydrogen-bond donors (Lipinski definition) is 2. The number of ether oxygens (including phenoxy) is 2. The van der Waals surface area contributed by atoms with E-state index in [4.69, 9.17) is 14.6 Å². The van der Waals surface area contributed by atoms with Crippen molar-refractivity contribution in [3.63, 3.8) is 0 Å². The summed E-state index contributed by atoms with van der Waals surface area (Å²) in [6.07, 6.45) is 0.546. The highest BCUT2D eigenvalue weighted by Gasteiger charge is 2.35. The zero-order valence-corrected chi connectivity index (χ0v) is 13.0. The first-order valence-electron chi connectivity index (χ1n) is 7.74. The normalized spacial score (nSPS) is 19.9. The maximum atomic E-state index is 12.7. The lowest BCUT2D eigenvalue weighted by Crippen LogP contribution is -2.50. The number of carbonyl (C=O) groups is 1. The Bertz CT molecular complexity index is 574. The number of anilines is 2. The first kappa shape index (κ1) is 15.0. The number of aliphatic hydroxyl groups is 1. The quantitative estimate of drug-likeness (QED) is 0.884. The van der Waals surface area contributed by atoms with Gasteiger partial charge in [0.05, 0.1) is 11.4 Å². The zero-order valence-electron chi connectivity index (χ0n) is 13.0. The lowest BCUT2D eigenvalue weighted by atomic mass is 9.98. The van der Waals surface area contributed by atoms with E-state index in [1.807, 2.05) is 26.0 Å². The van der Waals surface area contributed by atoms with E-state index in [-0.39, 0.29) is 24.5 Å². The van der Waals surface area contributed by atoms with Gasteiger partial charge in [-0.2, -0.15) is 0 Å². The largest absolute Gasteiger partial charge is 0.486 e. The van der Waals surface area contributed by atoms with Crippen LogP contribution >= 0.6 is 0 Å². The van der Waals surface area contributed by atoms with Gasteiger partial charge in [0.1, 0.15) is 19.3 Å². The molecule has 6 heteroatoms. The molecule has 1 aromatic rings. The van der Waals surface area contributed by atoms with Crippen LogP contribution in [-0.2, 0) is 4.79 Å². The van der Waals surface area contributed by atoms with Crippen molar-refractivity contribution in [2.24, 2.45) is 5.92 Å². The molecule has 2 N–H and O–H groups in total. The van der Waals surface area contributed by atoms with Gasteiger partial charge in [-0.1, -0.05) is 13.8 Å². The number of benzene rings is 1. The molecule has 120 valence electrons. The zero-order chi connectivity index (χ0) is 15.7. The van der Waals surface area contributed by atoms with Crippen LogP contribution in [0.15, 0.2) is 12.1 Å². The molecule has 6 nitrogen and oxygen atoms in total. The minimum atomic E-state index is -0.270. The molecule has 22 heavy (non-hydrogen) atoms. The van der Waals surface area contributed by atoms with Gasteiger partial charge in [-0.3, -0.25) is 4.79 Å². The summed E-state index contributed by atoms with van der Waals surface area (Å²) in [5, 5.41) is 12.4. The summed E-state index contributed by atoms with van der Waals surface area (Å²) >= 11 is 0. The Hall–Kier alpha value is -1.95. The Morgan fingerprint density at radius 1 is 1.32 bits per heavy atom. The van der Waals surface area contributed by atoms with Crippen LogP contribution in [-0.4, -0.2) is 43.4 Å². The van der Waals surface area contributed by atoms with Crippen molar-refractivity contribution in [3.8, 4) is 11.5 Å². The molecule has 1 aromatic carbocycles. The van der Waals surface area contributed by atoms with Gasteiger partial charge >= 0.3 is 0 Å². The summed E-state index contributed by atoms with van der Waals surface area (Å²) < 4.78 is 11.2. The third-order valence-corrected chi connectivity index (χ3v) is 4.00. The third-order valence-electron chi connectivity index (χ3n) is 4.00. The fraction of sp³-hybridized carbons (Fsp3) is 0.562. The summed E-state index contributed by atoms with van der Waals surface area (Å²) in [6.45, 7) is 5.63. The Kier molecular flexibility index (Phi) is 4.11. The van der Waals surface area contributed by atoms with Crippen LogP contribution < -0.4 is 19.7 Å². The molecule has 1 amide bonds. The van der Waals surface area contributed by atoms with Crippen molar-refractivity contribution < 1.29 is 19.4 Å². The monoisotopic (exact) mass is 306 g/mol. The highest BCUT2D eigenvalue weighted by atomic mass is 16.6. The Labute approximate surface area is 130 Å². The van der Waals surface area contributed by atoms with Crippen molar-refractivity contribution in [3.05, 3.63) is 12.1 Å². The van der Waals surface area contributed by atoms with E-state index >= 15 is 0 Å².